The van der Waals surface area contributed by atoms with Crippen LogP contribution in [0.15, 0.2) is 35.9 Å². The Kier molecular flexibility index (Phi) is 3.55. The molecule has 0 atom stereocenters. The lowest BCUT2D eigenvalue weighted by Gasteiger charge is -2.10. The highest BCUT2D eigenvalue weighted by Crippen LogP contribution is 2.34. The normalized spacial score (nSPS) is 13.7. The fourth-order valence-electron chi connectivity index (χ4n) is 1.73. The van der Waals surface area contributed by atoms with Crippen LogP contribution in [0, 0.1) is 0 Å². The Morgan fingerprint density at radius 1 is 1.35 bits per heavy atom. The molecule has 0 saturated heterocycles. The summed E-state index contributed by atoms with van der Waals surface area (Å²) in [6.07, 6.45) is 6.19. The third kappa shape index (κ3) is 2.38. The van der Waals surface area contributed by atoms with Gasteiger partial charge in [-0.1, -0.05) is 41.4 Å². The van der Waals surface area contributed by atoms with Crippen molar-refractivity contribution in [1.82, 2.24) is 0 Å². The summed E-state index contributed by atoms with van der Waals surface area (Å²) in [7, 11) is 1.48. The van der Waals surface area contributed by atoms with Crippen LogP contribution in [0.3, 0.4) is 0 Å². The highest BCUT2D eigenvalue weighted by Gasteiger charge is 2.20. The standard InChI is InChI=1S/C13H10Cl2O2/c1-17-13-10(6-9(14)7-11(13)15)12(16)8-4-2-3-5-8/h2-4,6-7H,5H2,1H3. The largest absolute Gasteiger partial charge is 0.494 e. The molecular formula is C13H10Cl2O2. The number of carbonyl (C=O) groups is 1. The zero-order valence-electron chi connectivity index (χ0n) is 9.17. The molecule has 0 unspecified atom stereocenters. The molecule has 0 bridgehead atoms. The van der Waals surface area contributed by atoms with Crippen LogP contribution >= 0.6 is 23.2 Å². The Morgan fingerprint density at radius 3 is 2.71 bits per heavy atom. The van der Waals surface area contributed by atoms with E-state index in [1.807, 2.05) is 12.2 Å². The first-order valence-electron chi connectivity index (χ1n) is 5.07. The first-order valence-corrected chi connectivity index (χ1v) is 5.82. The van der Waals surface area contributed by atoms with Gasteiger partial charge < -0.3 is 4.74 Å². The van der Waals surface area contributed by atoms with Crippen molar-refractivity contribution < 1.29 is 9.53 Å². The Bertz CT molecular complexity index is 530. The van der Waals surface area contributed by atoms with E-state index in [1.165, 1.54) is 7.11 Å². The summed E-state index contributed by atoms with van der Waals surface area (Å²) in [6, 6.07) is 3.13. The average molecular weight is 269 g/mol. The molecule has 1 aliphatic carbocycles. The van der Waals surface area contributed by atoms with E-state index in [4.69, 9.17) is 27.9 Å². The first-order chi connectivity index (χ1) is 8.13. The molecule has 0 N–H and O–H groups in total. The van der Waals surface area contributed by atoms with Gasteiger partial charge in [0.15, 0.2) is 5.78 Å². The van der Waals surface area contributed by atoms with Crippen molar-refractivity contribution in [2.75, 3.05) is 7.11 Å². The average Bonchev–Trinajstić information content (AvgIpc) is 2.80. The highest BCUT2D eigenvalue weighted by molar-refractivity contribution is 6.36. The van der Waals surface area contributed by atoms with E-state index < -0.39 is 0 Å². The van der Waals surface area contributed by atoms with Crippen LogP contribution in [0.2, 0.25) is 10.0 Å². The Balaban J connectivity index is 2.47. The first kappa shape index (κ1) is 12.2. The van der Waals surface area contributed by atoms with Crippen LogP contribution in [-0.2, 0) is 0 Å². The number of allylic oxidation sites excluding steroid dienone is 4. The zero-order valence-corrected chi connectivity index (χ0v) is 10.7. The van der Waals surface area contributed by atoms with Crippen LogP contribution in [0.5, 0.6) is 5.75 Å². The van der Waals surface area contributed by atoms with Gasteiger partial charge in [-0.2, -0.15) is 0 Å². The van der Waals surface area contributed by atoms with Gasteiger partial charge in [-0.3, -0.25) is 4.79 Å². The number of ketones is 1. The topological polar surface area (TPSA) is 26.3 Å². The summed E-state index contributed by atoms with van der Waals surface area (Å²) in [5, 5.41) is 0.764. The van der Waals surface area contributed by atoms with Crippen molar-refractivity contribution in [2.45, 2.75) is 6.42 Å². The zero-order chi connectivity index (χ0) is 12.4. The molecule has 0 spiro atoms. The van der Waals surface area contributed by atoms with E-state index in [1.54, 1.807) is 18.2 Å². The van der Waals surface area contributed by atoms with Crippen LogP contribution in [0.1, 0.15) is 16.8 Å². The maximum atomic E-state index is 12.2. The highest BCUT2D eigenvalue weighted by atomic mass is 35.5. The number of ether oxygens (including phenoxy) is 1. The maximum Gasteiger partial charge on any atom is 0.193 e. The van der Waals surface area contributed by atoms with Crippen LogP contribution in [0.25, 0.3) is 0 Å². The summed E-state index contributed by atoms with van der Waals surface area (Å²) in [6.45, 7) is 0. The van der Waals surface area contributed by atoms with Crippen molar-refractivity contribution in [1.29, 1.82) is 0 Å². The summed E-state index contributed by atoms with van der Waals surface area (Å²) in [4.78, 5) is 12.2. The number of benzene rings is 1. The van der Waals surface area contributed by atoms with Crippen LogP contribution in [0.4, 0.5) is 0 Å². The smallest absolute Gasteiger partial charge is 0.193 e. The minimum atomic E-state index is -0.101. The van der Waals surface area contributed by atoms with Crippen LogP contribution in [-0.4, -0.2) is 12.9 Å². The number of hydrogen-bond donors (Lipinski definition) is 0. The Labute approximate surface area is 109 Å². The van der Waals surface area contributed by atoms with Crippen molar-refractivity contribution in [3.8, 4) is 5.75 Å². The van der Waals surface area contributed by atoms with Gasteiger partial charge in [0, 0.05) is 10.6 Å². The molecule has 2 nitrogen and oxygen atoms in total. The van der Waals surface area contributed by atoms with Gasteiger partial charge in [0.25, 0.3) is 0 Å². The van der Waals surface area contributed by atoms with E-state index in [-0.39, 0.29) is 5.78 Å². The summed E-state index contributed by atoms with van der Waals surface area (Å²) < 4.78 is 5.15. The number of methoxy groups -OCH3 is 1. The molecule has 0 aliphatic heterocycles. The molecule has 1 aliphatic rings. The minimum Gasteiger partial charge on any atom is -0.494 e. The molecule has 0 heterocycles. The molecule has 0 amide bonds. The Hall–Kier alpha value is -1.25. The molecular weight excluding hydrogens is 259 g/mol. The van der Waals surface area contributed by atoms with Crippen LogP contribution < -0.4 is 4.74 Å². The van der Waals surface area contributed by atoms with E-state index >= 15 is 0 Å². The molecule has 0 aromatic heterocycles. The van der Waals surface area contributed by atoms with Crippen molar-refractivity contribution in [2.24, 2.45) is 0 Å². The summed E-state index contributed by atoms with van der Waals surface area (Å²) in [5.41, 5.74) is 1.11. The molecule has 88 valence electrons. The SMILES string of the molecule is COc1c(Cl)cc(Cl)cc1C(=O)C1=CC=CC1. The molecule has 1 aromatic carbocycles. The summed E-state index contributed by atoms with van der Waals surface area (Å²) in [5.74, 6) is 0.269. The number of Topliss-reactive ketones (excluding diaryl/α,β-unsaturated/α-hetero) is 1. The molecule has 0 fully saturated rings. The predicted octanol–water partition coefficient (Wildman–Crippen LogP) is 4.07. The van der Waals surface area contributed by atoms with Gasteiger partial charge in [0.2, 0.25) is 0 Å². The van der Waals surface area contributed by atoms with Gasteiger partial charge in [0.05, 0.1) is 17.7 Å². The molecule has 4 heteroatoms. The number of carbonyl (C=O) groups excluding carboxylic acids is 1. The van der Waals surface area contributed by atoms with Crippen molar-refractivity contribution >= 4 is 29.0 Å². The lowest BCUT2D eigenvalue weighted by atomic mass is 10.0. The van der Waals surface area contributed by atoms with Gasteiger partial charge in [-0.25, -0.2) is 0 Å². The fraction of sp³-hybridized carbons (Fsp3) is 0.154. The molecule has 0 radical (unpaired) electrons. The van der Waals surface area contributed by atoms with E-state index in [0.29, 0.717) is 33.4 Å². The van der Waals surface area contributed by atoms with Gasteiger partial charge in [-0.05, 0) is 18.6 Å². The van der Waals surface area contributed by atoms with E-state index in [9.17, 15) is 4.79 Å². The predicted molar refractivity (Wildman–Crippen MR) is 69.2 cm³/mol. The van der Waals surface area contributed by atoms with Crippen molar-refractivity contribution in [3.05, 3.63) is 51.5 Å². The quantitative estimate of drug-likeness (QED) is 0.773. The number of hydrogen-bond acceptors (Lipinski definition) is 2. The van der Waals surface area contributed by atoms with Gasteiger partial charge in [0.1, 0.15) is 5.75 Å². The number of rotatable bonds is 3. The van der Waals surface area contributed by atoms with E-state index in [0.717, 1.165) is 0 Å². The minimum absolute atomic E-state index is 0.101. The third-order valence-corrected chi connectivity index (χ3v) is 3.02. The molecule has 0 saturated carbocycles. The fourth-order valence-corrected chi connectivity index (χ4v) is 2.30. The second-order valence-electron chi connectivity index (χ2n) is 3.62. The lowest BCUT2D eigenvalue weighted by Crippen LogP contribution is -2.05. The summed E-state index contributed by atoms with van der Waals surface area (Å²) >= 11 is 11.9. The van der Waals surface area contributed by atoms with E-state index in [2.05, 4.69) is 0 Å². The second kappa shape index (κ2) is 4.94. The Morgan fingerprint density at radius 2 is 2.12 bits per heavy atom. The maximum absolute atomic E-state index is 12.2. The van der Waals surface area contributed by atoms with Crippen molar-refractivity contribution in [3.63, 3.8) is 0 Å². The lowest BCUT2D eigenvalue weighted by molar-refractivity contribution is 0.103. The third-order valence-electron chi connectivity index (χ3n) is 2.52. The monoisotopic (exact) mass is 268 g/mol. The number of halogens is 2. The van der Waals surface area contributed by atoms with Gasteiger partial charge >= 0.3 is 0 Å². The second-order valence-corrected chi connectivity index (χ2v) is 4.47. The molecule has 17 heavy (non-hydrogen) atoms. The van der Waals surface area contributed by atoms with Gasteiger partial charge in [-0.15, -0.1) is 0 Å². The molecule has 2 rings (SSSR count). The molecule has 1 aromatic rings.